The van der Waals surface area contributed by atoms with Gasteiger partial charge in [-0.05, 0) is 19.3 Å². The Labute approximate surface area is 79.0 Å². The number of ether oxygens (including phenoxy) is 1. The molecule has 2 rings (SSSR count). The van der Waals surface area contributed by atoms with Crippen LogP contribution in [-0.4, -0.2) is 18.5 Å². The standard InChI is InChI=1S/C11H16O2/c1-2-10-11(7-8-13-10)5-3-9(12)4-6-11/h2,10H,1,3-8H2. The largest absolute Gasteiger partial charge is 0.374 e. The predicted octanol–water partition coefficient (Wildman–Crippen LogP) is 2.09. The minimum atomic E-state index is 0.195. The molecular weight excluding hydrogens is 164 g/mol. The lowest BCUT2D eigenvalue weighted by molar-refractivity contribution is -0.122. The van der Waals surface area contributed by atoms with Gasteiger partial charge in [-0.15, -0.1) is 6.58 Å². The fraction of sp³-hybridized carbons (Fsp3) is 0.727. The first-order valence-electron chi connectivity index (χ1n) is 5.03. The van der Waals surface area contributed by atoms with Crippen molar-refractivity contribution in [2.45, 2.75) is 38.2 Å². The highest BCUT2D eigenvalue weighted by Gasteiger charge is 2.44. The summed E-state index contributed by atoms with van der Waals surface area (Å²) < 4.78 is 5.60. The zero-order valence-corrected chi connectivity index (χ0v) is 7.92. The highest BCUT2D eigenvalue weighted by atomic mass is 16.5. The number of rotatable bonds is 1. The molecule has 1 aliphatic carbocycles. The minimum absolute atomic E-state index is 0.195. The van der Waals surface area contributed by atoms with Crippen molar-refractivity contribution in [2.24, 2.45) is 5.41 Å². The summed E-state index contributed by atoms with van der Waals surface area (Å²) in [5.74, 6) is 0.417. The molecule has 0 bridgehead atoms. The van der Waals surface area contributed by atoms with Crippen molar-refractivity contribution in [2.75, 3.05) is 6.61 Å². The third kappa shape index (κ3) is 1.44. The van der Waals surface area contributed by atoms with Gasteiger partial charge in [0.15, 0.2) is 0 Å². The Balaban J connectivity index is 2.10. The van der Waals surface area contributed by atoms with Gasteiger partial charge in [-0.3, -0.25) is 4.79 Å². The van der Waals surface area contributed by atoms with Crippen molar-refractivity contribution in [1.29, 1.82) is 0 Å². The third-order valence-corrected chi connectivity index (χ3v) is 3.52. The Hall–Kier alpha value is -0.630. The highest BCUT2D eigenvalue weighted by Crippen LogP contribution is 2.46. The van der Waals surface area contributed by atoms with Crippen LogP contribution in [-0.2, 0) is 9.53 Å². The topological polar surface area (TPSA) is 26.3 Å². The Morgan fingerprint density at radius 1 is 1.38 bits per heavy atom. The normalized spacial score (nSPS) is 32.3. The number of ketones is 1. The van der Waals surface area contributed by atoms with Crippen LogP contribution in [0.1, 0.15) is 32.1 Å². The second-order valence-electron chi connectivity index (χ2n) is 4.18. The molecule has 1 atom stereocenters. The summed E-state index contributed by atoms with van der Waals surface area (Å²) in [5.41, 5.74) is 0.260. The second-order valence-corrected chi connectivity index (χ2v) is 4.18. The van der Waals surface area contributed by atoms with Crippen molar-refractivity contribution in [3.05, 3.63) is 12.7 Å². The van der Waals surface area contributed by atoms with E-state index in [0.29, 0.717) is 5.78 Å². The molecule has 1 spiro atoms. The van der Waals surface area contributed by atoms with Gasteiger partial charge in [-0.1, -0.05) is 6.08 Å². The lowest BCUT2D eigenvalue weighted by Crippen LogP contribution is -2.34. The van der Waals surface area contributed by atoms with Gasteiger partial charge in [0, 0.05) is 24.9 Å². The molecule has 0 N–H and O–H groups in total. The Bertz CT molecular complexity index is 222. The van der Waals surface area contributed by atoms with Gasteiger partial charge in [-0.25, -0.2) is 0 Å². The number of carbonyl (C=O) groups is 1. The van der Waals surface area contributed by atoms with Crippen LogP contribution < -0.4 is 0 Å². The third-order valence-electron chi connectivity index (χ3n) is 3.52. The van der Waals surface area contributed by atoms with Crippen molar-refractivity contribution < 1.29 is 9.53 Å². The van der Waals surface area contributed by atoms with Crippen molar-refractivity contribution in [3.8, 4) is 0 Å². The molecule has 1 saturated heterocycles. The van der Waals surface area contributed by atoms with E-state index in [-0.39, 0.29) is 11.5 Å². The fourth-order valence-electron chi connectivity index (χ4n) is 2.59. The number of Topliss-reactive ketones (excluding diaryl/α,β-unsaturated/α-hetero) is 1. The summed E-state index contributed by atoms with van der Waals surface area (Å²) in [6, 6.07) is 0. The van der Waals surface area contributed by atoms with E-state index >= 15 is 0 Å². The fourth-order valence-corrected chi connectivity index (χ4v) is 2.59. The number of carbonyl (C=O) groups excluding carboxylic acids is 1. The maximum atomic E-state index is 11.1. The van der Waals surface area contributed by atoms with E-state index in [9.17, 15) is 4.79 Å². The molecule has 72 valence electrons. The van der Waals surface area contributed by atoms with Gasteiger partial charge < -0.3 is 4.74 Å². The van der Waals surface area contributed by atoms with Crippen LogP contribution in [0.3, 0.4) is 0 Å². The first-order valence-corrected chi connectivity index (χ1v) is 5.03. The molecule has 13 heavy (non-hydrogen) atoms. The molecule has 0 aromatic heterocycles. The molecule has 1 saturated carbocycles. The van der Waals surface area contributed by atoms with Gasteiger partial charge in [0.05, 0.1) is 6.10 Å². The van der Waals surface area contributed by atoms with Crippen LogP contribution in [0.2, 0.25) is 0 Å². The Morgan fingerprint density at radius 2 is 2.08 bits per heavy atom. The predicted molar refractivity (Wildman–Crippen MR) is 50.5 cm³/mol. The molecule has 0 radical (unpaired) electrons. The zero-order chi connectivity index (χ0) is 9.31. The maximum absolute atomic E-state index is 11.1. The maximum Gasteiger partial charge on any atom is 0.132 e. The Kier molecular flexibility index (Phi) is 2.24. The Morgan fingerprint density at radius 3 is 2.69 bits per heavy atom. The average Bonchev–Trinajstić information content (AvgIpc) is 2.54. The summed E-state index contributed by atoms with van der Waals surface area (Å²) in [6.07, 6.45) is 6.70. The van der Waals surface area contributed by atoms with Gasteiger partial charge in [-0.2, -0.15) is 0 Å². The summed E-state index contributed by atoms with van der Waals surface area (Å²) >= 11 is 0. The van der Waals surface area contributed by atoms with E-state index < -0.39 is 0 Å². The van der Waals surface area contributed by atoms with E-state index in [2.05, 4.69) is 6.58 Å². The molecule has 0 aromatic rings. The number of hydrogen-bond donors (Lipinski definition) is 0. The molecule has 1 heterocycles. The molecule has 1 aliphatic heterocycles. The summed E-state index contributed by atoms with van der Waals surface area (Å²) in [5, 5.41) is 0. The summed E-state index contributed by atoms with van der Waals surface area (Å²) in [7, 11) is 0. The SMILES string of the molecule is C=CC1OCCC12CCC(=O)CC2. The van der Waals surface area contributed by atoms with Gasteiger partial charge in [0.2, 0.25) is 0 Å². The van der Waals surface area contributed by atoms with E-state index in [1.165, 1.54) is 0 Å². The van der Waals surface area contributed by atoms with Crippen LogP contribution in [0.15, 0.2) is 12.7 Å². The second kappa shape index (κ2) is 3.26. The smallest absolute Gasteiger partial charge is 0.132 e. The minimum Gasteiger partial charge on any atom is -0.374 e. The van der Waals surface area contributed by atoms with E-state index in [4.69, 9.17) is 4.74 Å². The van der Waals surface area contributed by atoms with Crippen LogP contribution in [0.5, 0.6) is 0 Å². The monoisotopic (exact) mass is 180 g/mol. The zero-order valence-electron chi connectivity index (χ0n) is 7.92. The van der Waals surface area contributed by atoms with Crippen LogP contribution >= 0.6 is 0 Å². The van der Waals surface area contributed by atoms with E-state index in [1.54, 1.807) is 0 Å². The molecule has 2 heteroatoms. The van der Waals surface area contributed by atoms with Crippen molar-refractivity contribution in [1.82, 2.24) is 0 Å². The van der Waals surface area contributed by atoms with E-state index in [0.717, 1.165) is 38.7 Å². The summed E-state index contributed by atoms with van der Waals surface area (Å²) in [6.45, 7) is 4.64. The van der Waals surface area contributed by atoms with Crippen LogP contribution in [0.25, 0.3) is 0 Å². The van der Waals surface area contributed by atoms with Gasteiger partial charge >= 0.3 is 0 Å². The molecular formula is C11H16O2. The lowest BCUT2D eigenvalue weighted by atomic mass is 9.69. The van der Waals surface area contributed by atoms with Crippen molar-refractivity contribution >= 4 is 5.78 Å². The van der Waals surface area contributed by atoms with Crippen LogP contribution in [0, 0.1) is 5.41 Å². The molecule has 0 aromatic carbocycles. The number of hydrogen-bond acceptors (Lipinski definition) is 2. The lowest BCUT2D eigenvalue weighted by Gasteiger charge is -2.35. The molecule has 2 aliphatic rings. The summed E-state index contributed by atoms with van der Waals surface area (Å²) in [4.78, 5) is 11.1. The molecule has 1 unspecified atom stereocenters. The first kappa shape index (κ1) is 8.95. The van der Waals surface area contributed by atoms with Crippen molar-refractivity contribution in [3.63, 3.8) is 0 Å². The average molecular weight is 180 g/mol. The molecule has 0 amide bonds. The first-order chi connectivity index (χ1) is 6.27. The molecule has 2 nitrogen and oxygen atoms in total. The quantitative estimate of drug-likeness (QED) is 0.577. The van der Waals surface area contributed by atoms with E-state index in [1.807, 2.05) is 6.08 Å². The van der Waals surface area contributed by atoms with Gasteiger partial charge in [0.1, 0.15) is 5.78 Å². The molecule has 2 fully saturated rings. The highest BCUT2D eigenvalue weighted by molar-refractivity contribution is 5.79. The van der Waals surface area contributed by atoms with Gasteiger partial charge in [0.25, 0.3) is 0 Å². The van der Waals surface area contributed by atoms with Crippen LogP contribution in [0.4, 0.5) is 0 Å².